The minimum atomic E-state index is -0.492. The molecule has 0 fully saturated rings. The number of aryl methyl sites for hydroxylation is 1. The Kier molecular flexibility index (Phi) is 5.60. The molecule has 0 aliphatic heterocycles. The van der Waals surface area contributed by atoms with Crippen LogP contribution in [0.5, 0.6) is 0 Å². The molecule has 2 heterocycles. The van der Waals surface area contributed by atoms with Gasteiger partial charge < -0.3 is 19.6 Å². The Morgan fingerprint density at radius 2 is 2.22 bits per heavy atom. The fraction of sp³-hybridized carbons (Fsp3) is 0.333. The lowest BCUT2D eigenvalue weighted by Crippen LogP contribution is -2.30. The van der Waals surface area contributed by atoms with Crippen LogP contribution in [0, 0.1) is 5.82 Å². The van der Waals surface area contributed by atoms with Gasteiger partial charge in [-0.05, 0) is 31.5 Å². The van der Waals surface area contributed by atoms with Gasteiger partial charge in [0.05, 0.1) is 17.1 Å². The number of H-pyrrole nitrogens is 1. The first kappa shape index (κ1) is 18.7. The zero-order valence-electron chi connectivity index (χ0n) is 15.0. The summed E-state index contributed by atoms with van der Waals surface area (Å²) in [5.41, 5.74) is -0.0391. The van der Waals surface area contributed by atoms with Crippen LogP contribution in [0.15, 0.2) is 35.4 Å². The molecule has 3 aromatic rings. The number of benzene rings is 1. The van der Waals surface area contributed by atoms with Crippen LogP contribution in [0.2, 0.25) is 0 Å². The Balaban J connectivity index is 1.83. The summed E-state index contributed by atoms with van der Waals surface area (Å²) in [5.74, 6) is -0.343. The zero-order chi connectivity index (χ0) is 19.4. The summed E-state index contributed by atoms with van der Waals surface area (Å²) in [4.78, 5) is 27.1. The molecule has 1 aromatic carbocycles. The number of hydrogen-bond donors (Lipinski definition) is 2. The van der Waals surface area contributed by atoms with Crippen LogP contribution in [-0.4, -0.2) is 39.4 Å². The Morgan fingerprint density at radius 1 is 1.41 bits per heavy atom. The number of aromatic nitrogens is 4. The fourth-order valence-electron chi connectivity index (χ4n) is 2.91. The zero-order valence-corrected chi connectivity index (χ0v) is 15.0. The van der Waals surface area contributed by atoms with E-state index in [0.29, 0.717) is 24.4 Å². The highest BCUT2D eigenvalue weighted by Crippen LogP contribution is 2.18. The lowest BCUT2D eigenvalue weighted by Gasteiger charge is -2.15. The van der Waals surface area contributed by atoms with E-state index >= 15 is 0 Å². The Labute approximate surface area is 154 Å². The predicted octanol–water partition coefficient (Wildman–Crippen LogP) is 1.79. The number of carbonyl (C=O) groups is 1. The van der Waals surface area contributed by atoms with Crippen LogP contribution in [0.4, 0.5) is 4.39 Å². The van der Waals surface area contributed by atoms with Gasteiger partial charge in [-0.3, -0.25) is 9.59 Å². The molecule has 0 saturated carbocycles. The number of ether oxygens (including phenoxy) is 1. The molecule has 0 aliphatic carbocycles. The Hall–Kier alpha value is -3.07. The second-order valence-electron chi connectivity index (χ2n) is 6.16. The number of halogens is 1. The number of hydrogen-bond acceptors (Lipinski definition) is 5. The van der Waals surface area contributed by atoms with Gasteiger partial charge in [-0.25, -0.2) is 4.39 Å². The summed E-state index contributed by atoms with van der Waals surface area (Å²) in [6.45, 7) is 3.04. The maximum Gasteiger partial charge on any atom is 0.252 e. The SMILES string of the molecule is COCCCn1cnnc1C(C)NC(=O)c1cc(=O)[nH]c2cc(F)ccc12. The van der Waals surface area contributed by atoms with Gasteiger partial charge in [0.1, 0.15) is 12.1 Å². The topological polar surface area (TPSA) is 102 Å². The number of methoxy groups -OCH3 is 1. The van der Waals surface area contributed by atoms with Crippen molar-refractivity contribution in [3.05, 3.63) is 58.2 Å². The van der Waals surface area contributed by atoms with Gasteiger partial charge in [0.25, 0.3) is 5.91 Å². The standard InChI is InChI=1S/C18H20FN5O3/c1-11(17-23-20-10-24(17)6-3-7-27-2)21-18(26)14-9-16(25)22-15-8-12(19)4-5-13(14)15/h4-5,8-11H,3,6-7H2,1-2H3,(H,21,26)(H,22,25). The van der Waals surface area contributed by atoms with Crippen molar-refractivity contribution in [2.45, 2.75) is 25.9 Å². The molecule has 8 nitrogen and oxygen atoms in total. The van der Waals surface area contributed by atoms with Crippen molar-refractivity contribution in [2.75, 3.05) is 13.7 Å². The summed E-state index contributed by atoms with van der Waals surface area (Å²) < 4.78 is 20.3. The lowest BCUT2D eigenvalue weighted by molar-refractivity contribution is 0.0939. The number of carbonyl (C=O) groups excluding carboxylic acids is 1. The first-order valence-electron chi connectivity index (χ1n) is 8.49. The summed E-state index contributed by atoms with van der Waals surface area (Å²) in [7, 11) is 1.63. The summed E-state index contributed by atoms with van der Waals surface area (Å²) >= 11 is 0. The number of amides is 1. The van der Waals surface area contributed by atoms with Gasteiger partial charge in [0.2, 0.25) is 5.56 Å². The van der Waals surface area contributed by atoms with Crippen molar-refractivity contribution in [3.8, 4) is 0 Å². The molecule has 142 valence electrons. The van der Waals surface area contributed by atoms with Crippen molar-refractivity contribution in [1.29, 1.82) is 0 Å². The molecule has 3 rings (SSSR count). The van der Waals surface area contributed by atoms with Crippen LogP contribution in [0.3, 0.4) is 0 Å². The first-order valence-corrected chi connectivity index (χ1v) is 8.49. The third-order valence-electron chi connectivity index (χ3n) is 4.18. The van der Waals surface area contributed by atoms with Gasteiger partial charge in [0.15, 0.2) is 5.82 Å². The van der Waals surface area contributed by atoms with E-state index in [1.54, 1.807) is 20.4 Å². The van der Waals surface area contributed by atoms with Gasteiger partial charge in [0, 0.05) is 31.7 Å². The van der Waals surface area contributed by atoms with Crippen LogP contribution in [0.1, 0.15) is 35.6 Å². The number of aromatic amines is 1. The van der Waals surface area contributed by atoms with Gasteiger partial charge in [-0.2, -0.15) is 0 Å². The van der Waals surface area contributed by atoms with Crippen LogP contribution >= 0.6 is 0 Å². The molecule has 0 aliphatic rings. The molecule has 1 unspecified atom stereocenters. The average molecular weight is 373 g/mol. The predicted molar refractivity (Wildman–Crippen MR) is 96.9 cm³/mol. The molecule has 2 N–H and O–H groups in total. The van der Waals surface area contributed by atoms with E-state index in [2.05, 4.69) is 20.5 Å². The Bertz CT molecular complexity index is 1010. The number of fused-ring (bicyclic) bond motifs is 1. The second kappa shape index (κ2) is 8.09. The molecular weight excluding hydrogens is 353 g/mol. The van der Waals surface area contributed by atoms with Crippen molar-refractivity contribution < 1.29 is 13.9 Å². The number of nitrogens with zero attached hydrogens (tertiary/aromatic N) is 3. The first-order chi connectivity index (χ1) is 13.0. The van der Waals surface area contributed by atoms with E-state index in [9.17, 15) is 14.0 Å². The van der Waals surface area contributed by atoms with Crippen molar-refractivity contribution in [3.63, 3.8) is 0 Å². The minimum absolute atomic E-state index is 0.172. The molecule has 0 bridgehead atoms. The van der Waals surface area contributed by atoms with Crippen LogP contribution in [0.25, 0.3) is 10.9 Å². The van der Waals surface area contributed by atoms with E-state index in [0.717, 1.165) is 6.42 Å². The van der Waals surface area contributed by atoms with Crippen molar-refractivity contribution in [1.82, 2.24) is 25.1 Å². The third-order valence-corrected chi connectivity index (χ3v) is 4.18. The molecule has 2 aromatic heterocycles. The lowest BCUT2D eigenvalue weighted by atomic mass is 10.1. The smallest absolute Gasteiger partial charge is 0.252 e. The van der Waals surface area contributed by atoms with Crippen molar-refractivity contribution in [2.24, 2.45) is 0 Å². The van der Waals surface area contributed by atoms with Gasteiger partial charge in [-0.15, -0.1) is 10.2 Å². The van der Waals surface area contributed by atoms with E-state index in [1.165, 1.54) is 24.3 Å². The van der Waals surface area contributed by atoms with Crippen molar-refractivity contribution >= 4 is 16.8 Å². The maximum absolute atomic E-state index is 13.4. The molecule has 9 heteroatoms. The van der Waals surface area contributed by atoms with Gasteiger partial charge in [-0.1, -0.05) is 0 Å². The molecule has 0 spiro atoms. The number of rotatable bonds is 7. The quantitative estimate of drug-likeness (QED) is 0.615. The molecule has 1 amide bonds. The molecule has 27 heavy (non-hydrogen) atoms. The molecular formula is C18H20FN5O3. The molecule has 0 saturated heterocycles. The minimum Gasteiger partial charge on any atom is -0.385 e. The van der Waals surface area contributed by atoms with Crippen LogP contribution in [-0.2, 0) is 11.3 Å². The van der Waals surface area contributed by atoms with Gasteiger partial charge >= 0.3 is 0 Å². The maximum atomic E-state index is 13.4. The summed E-state index contributed by atoms with van der Waals surface area (Å²) in [6.07, 6.45) is 2.38. The Morgan fingerprint density at radius 3 is 3.00 bits per heavy atom. The number of pyridine rings is 1. The third kappa shape index (κ3) is 4.20. The summed E-state index contributed by atoms with van der Waals surface area (Å²) in [5, 5.41) is 11.3. The van der Waals surface area contributed by atoms with E-state index < -0.39 is 23.3 Å². The average Bonchev–Trinajstić information content (AvgIpc) is 3.09. The summed E-state index contributed by atoms with van der Waals surface area (Å²) in [6, 6.07) is 4.66. The van der Waals surface area contributed by atoms with E-state index in [-0.39, 0.29) is 11.1 Å². The normalized spacial score (nSPS) is 12.3. The van der Waals surface area contributed by atoms with E-state index in [4.69, 9.17) is 4.74 Å². The number of nitrogens with one attached hydrogen (secondary N) is 2. The molecule has 1 atom stereocenters. The highest BCUT2D eigenvalue weighted by Gasteiger charge is 2.19. The van der Waals surface area contributed by atoms with E-state index in [1.807, 2.05) is 4.57 Å². The largest absolute Gasteiger partial charge is 0.385 e. The highest BCUT2D eigenvalue weighted by atomic mass is 19.1. The van der Waals surface area contributed by atoms with Crippen LogP contribution < -0.4 is 10.9 Å². The fourth-order valence-corrected chi connectivity index (χ4v) is 2.91. The highest BCUT2D eigenvalue weighted by molar-refractivity contribution is 6.06. The monoisotopic (exact) mass is 373 g/mol. The molecule has 0 radical (unpaired) electrons. The second-order valence-corrected chi connectivity index (χ2v) is 6.16.